The van der Waals surface area contributed by atoms with Gasteiger partial charge < -0.3 is 0 Å². The van der Waals surface area contributed by atoms with E-state index in [-0.39, 0.29) is 11.3 Å². The molecule has 1 aromatic carbocycles. The number of carbonyl (C=O) groups excluding carboxylic acids is 1. The predicted molar refractivity (Wildman–Crippen MR) is 59.2 cm³/mol. The second-order valence-corrected chi connectivity index (χ2v) is 4.88. The van der Waals surface area contributed by atoms with Gasteiger partial charge in [-0.25, -0.2) is 8.78 Å². The van der Waals surface area contributed by atoms with Crippen LogP contribution >= 0.6 is 0 Å². The number of hydrogen-bond acceptors (Lipinski definition) is 2. The molecule has 2 nitrogen and oxygen atoms in total. The summed E-state index contributed by atoms with van der Waals surface area (Å²) in [5.74, 6) is -3.07. The van der Waals surface area contributed by atoms with E-state index in [1.807, 2.05) is 0 Å². The largest absolute Gasteiger partial charge is 0.297 e. The first kappa shape index (κ1) is 13.3. The van der Waals surface area contributed by atoms with Crippen LogP contribution in [0.25, 0.3) is 0 Å². The quantitative estimate of drug-likeness (QED) is 0.792. The number of hydrogen-bond donors (Lipinski definition) is 0. The summed E-state index contributed by atoms with van der Waals surface area (Å²) in [7, 11) is 0. The highest BCUT2D eigenvalue weighted by Crippen LogP contribution is 2.27. The van der Waals surface area contributed by atoms with Gasteiger partial charge in [0, 0.05) is 11.5 Å². The fraction of sp³-hybridized carbons (Fsp3) is 0.385. The smallest absolute Gasteiger partial charge is 0.159 e. The molecule has 4 heteroatoms. The van der Waals surface area contributed by atoms with Gasteiger partial charge in [-0.2, -0.15) is 5.26 Å². The van der Waals surface area contributed by atoms with Gasteiger partial charge in [-0.05, 0) is 17.7 Å². The number of benzene rings is 1. The summed E-state index contributed by atoms with van der Waals surface area (Å²) in [5, 5.41) is 8.98. The van der Waals surface area contributed by atoms with Crippen molar-refractivity contribution in [2.75, 3.05) is 0 Å². The molecule has 1 rings (SSSR count). The molecule has 0 amide bonds. The minimum Gasteiger partial charge on any atom is -0.297 e. The van der Waals surface area contributed by atoms with E-state index >= 15 is 0 Å². The molecule has 17 heavy (non-hydrogen) atoms. The second-order valence-electron chi connectivity index (χ2n) is 4.88. The number of carbonyl (C=O) groups is 1. The van der Waals surface area contributed by atoms with Crippen LogP contribution in [0.1, 0.15) is 32.3 Å². The Morgan fingerprint density at radius 1 is 1.24 bits per heavy atom. The van der Waals surface area contributed by atoms with Crippen LogP contribution in [0.4, 0.5) is 8.78 Å². The molecule has 0 aliphatic carbocycles. The van der Waals surface area contributed by atoms with Crippen molar-refractivity contribution in [3.05, 3.63) is 35.4 Å². The molecule has 90 valence electrons. The summed E-state index contributed by atoms with van der Waals surface area (Å²) in [5.41, 5.74) is -0.673. The summed E-state index contributed by atoms with van der Waals surface area (Å²) in [6, 6.07) is 4.53. The normalized spacial score (nSPS) is 12.9. The van der Waals surface area contributed by atoms with Crippen LogP contribution < -0.4 is 0 Å². The zero-order valence-electron chi connectivity index (χ0n) is 9.92. The van der Waals surface area contributed by atoms with Crippen molar-refractivity contribution in [1.29, 1.82) is 5.26 Å². The number of ketones is 1. The Hall–Kier alpha value is -1.76. The van der Waals surface area contributed by atoms with Gasteiger partial charge in [-0.1, -0.05) is 20.8 Å². The minimum atomic E-state index is -1.14. The lowest BCUT2D eigenvalue weighted by atomic mass is 9.80. The molecule has 0 saturated carbocycles. The van der Waals surface area contributed by atoms with Gasteiger partial charge in [-0.15, -0.1) is 0 Å². The SMILES string of the molecule is CC(C)(C)C(=O)C(C#N)c1cc(F)cc(F)c1. The Balaban J connectivity index is 3.20. The van der Waals surface area contributed by atoms with Crippen molar-refractivity contribution in [2.45, 2.75) is 26.7 Å². The maximum Gasteiger partial charge on any atom is 0.159 e. The lowest BCUT2D eigenvalue weighted by Crippen LogP contribution is -2.26. The highest BCUT2D eigenvalue weighted by molar-refractivity contribution is 5.92. The summed E-state index contributed by atoms with van der Waals surface area (Å²) >= 11 is 0. The molecule has 0 fully saturated rings. The number of rotatable bonds is 2. The van der Waals surface area contributed by atoms with Crippen molar-refractivity contribution in [1.82, 2.24) is 0 Å². The molecular weight excluding hydrogens is 224 g/mol. The van der Waals surface area contributed by atoms with Crippen molar-refractivity contribution >= 4 is 5.78 Å². The van der Waals surface area contributed by atoms with Gasteiger partial charge in [0.1, 0.15) is 17.6 Å². The average Bonchev–Trinajstić information content (AvgIpc) is 2.15. The Morgan fingerprint density at radius 3 is 2.06 bits per heavy atom. The average molecular weight is 237 g/mol. The van der Waals surface area contributed by atoms with Gasteiger partial charge >= 0.3 is 0 Å². The Kier molecular flexibility index (Phi) is 3.62. The minimum absolute atomic E-state index is 0.0601. The number of nitrogens with zero attached hydrogens (tertiary/aromatic N) is 1. The van der Waals surface area contributed by atoms with Gasteiger partial charge in [0.15, 0.2) is 5.78 Å². The zero-order chi connectivity index (χ0) is 13.2. The molecule has 0 spiro atoms. The van der Waals surface area contributed by atoms with Gasteiger partial charge in [0.2, 0.25) is 0 Å². The van der Waals surface area contributed by atoms with Crippen LogP contribution in [0.15, 0.2) is 18.2 Å². The molecule has 1 atom stereocenters. The first-order valence-electron chi connectivity index (χ1n) is 5.15. The standard InChI is InChI=1S/C13H13F2NO/c1-13(2,3)12(17)11(7-16)8-4-9(14)6-10(15)5-8/h4-6,11H,1-3H3. The summed E-state index contributed by atoms with van der Waals surface area (Å²) in [6.07, 6.45) is 0. The van der Waals surface area contributed by atoms with Crippen LogP contribution in [0.5, 0.6) is 0 Å². The van der Waals surface area contributed by atoms with E-state index in [4.69, 9.17) is 5.26 Å². The number of Topliss-reactive ketones (excluding diaryl/α,β-unsaturated/α-hetero) is 1. The van der Waals surface area contributed by atoms with Crippen LogP contribution in [0.3, 0.4) is 0 Å². The molecule has 0 aliphatic heterocycles. The first-order valence-corrected chi connectivity index (χ1v) is 5.15. The Labute approximate surface area is 98.9 Å². The number of nitriles is 1. The molecule has 0 saturated heterocycles. The first-order chi connectivity index (χ1) is 7.75. The third kappa shape index (κ3) is 3.10. The molecule has 0 aromatic heterocycles. The second kappa shape index (κ2) is 4.62. The van der Waals surface area contributed by atoms with Gasteiger partial charge in [-0.3, -0.25) is 4.79 Å². The Morgan fingerprint density at radius 2 is 1.71 bits per heavy atom. The van der Waals surface area contributed by atoms with Crippen molar-refractivity contribution in [2.24, 2.45) is 5.41 Å². The van der Waals surface area contributed by atoms with E-state index in [1.165, 1.54) is 0 Å². The van der Waals surface area contributed by atoms with Crippen molar-refractivity contribution < 1.29 is 13.6 Å². The third-order valence-electron chi connectivity index (χ3n) is 2.35. The fourth-order valence-electron chi connectivity index (χ4n) is 1.46. The molecule has 0 N–H and O–H groups in total. The number of halogens is 2. The maximum atomic E-state index is 13.0. The summed E-state index contributed by atoms with van der Waals surface area (Å²) in [6.45, 7) is 4.99. The fourth-order valence-corrected chi connectivity index (χ4v) is 1.46. The zero-order valence-corrected chi connectivity index (χ0v) is 9.92. The summed E-state index contributed by atoms with van der Waals surface area (Å²) in [4.78, 5) is 12.0. The lowest BCUT2D eigenvalue weighted by Gasteiger charge is -2.20. The molecular formula is C13H13F2NO. The highest BCUT2D eigenvalue weighted by Gasteiger charge is 2.31. The maximum absolute atomic E-state index is 13.0. The van der Waals surface area contributed by atoms with Crippen LogP contribution in [-0.2, 0) is 4.79 Å². The Bertz CT molecular complexity index is 463. The molecule has 1 unspecified atom stereocenters. The van der Waals surface area contributed by atoms with Crippen LogP contribution in [0, 0.1) is 28.4 Å². The van der Waals surface area contributed by atoms with Crippen molar-refractivity contribution in [3.8, 4) is 6.07 Å². The highest BCUT2D eigenvalue weighted by atomic mass is 19.1. The molecule has 0 aliphatic rings. The van der Waals surface area contributed by atoms with Gasteiger partial charge in [0.05, 0.1) is 6.07 Å². The van der Waals surface area contributed by atoms with E-state index in [2.05, 4.69) is 0 Å². The molecule has 1 aromatic rings. The molecule has 0 radical (unpaired) electrons. The van der Waals surface area contributed by atoms with E-state index in [9.17, 15) is 13.6 Å². The van der Waals surface area contributed by atoms with E-state index in [0.29, 0.717) is 6.07 Å². The lowest BCUT2D eigenvalue weighted by molar-refractivity contribution is -0.126. The molecule has 0 bridgehead atoms. The topological polar surface area (TPSA) is 40.9 Å². The van der Waals surface area contributed by atoms with Crippen LogP contribution in [-0.4, -0.2) is 5.78 Å². The predicted octanol–water partition coefficient (Wildman–Crippen LogP) is 3.19. The van der Waals surface area contributed by atoms with E-state index in [1.54, 1.807) is 26.8 Å². The van der Waals surface area contributed by atoms with E-state index < -0.39 is 23.0 Å². The summed E-state index contributed by atoms with van der Waals surface area (Å²) < 4.78 is 26.0. The molecule has 0 heterocycles. The van der Waals surface area contributed by atoms with Crippen LogP contribution in [0.2, 0.25) is 0 Å². The van der Waals surface area contributed by atoms with Crippen molar-refractivity contribution in [3.63, 3.8) is 0 Å². The monoisotopic (exact) mass is 237 g/mol. The third-order valence-corrected chi connectivity index (χ3v) is 2.35. The van der Waals surface area contributed by atoms with Gasteiger partial charge in [0.25, 0.3) is 0 Å². The van der Waals surface area contributed by atoms with E-state index in [0.717, 1.165) is 12.1 Å².